The predicted octanol–water partition coefficient (Wildman–Crippen LogP) is 2.66. The lowest BCUT2D eigenvalue weighted by Gasteiger charge is -2.13. The summed E-state index contributed by atoms with van der Waals surface area (Å²) in [6.07, 6.45) is 2.75. The Morgan fingerprint density at radius 1 is 0.882 bits per heavy atom. The SMILES string of the molecule is CC(CNC(=O)CCCNC(=O)OCc1ccccc1)COCCCOCCCOCCCO. The van der Waals surface area contributed by atoms with Crippen LogP contribution in [0.2, 0.25) is 0 Å². The van der Waals surface area contributed by atoms with Crippen molar-refractivity contribution in [1.82, 2.24) is 10.6 Å². The van der Waals surface area contributed by atoms with Crippen LogP contribution in [0.1, 0.15) is 44.6 Å². The first-order valence-electron chi connectivity index (χ1n) is 12.2. The van der Waals surface area contributed by atoms with Crippen LogP contribution in [0.3, 0.4) is 0 Å². The van der Waals surface area contributed by atoms with Crippen molar-refractivity contribution in [3.8, 4) is 0 Å². The van der Waals surface area contributed by atoms with Crippen LogP contribution < -0.4 is 10.6 Å². The van der Waals surface area contributed by atoms with Crippen molar-refractivity contribution in [3.63, 3.8) is 0 Å². The molecule has 0 aliphatic rings. The van der Waals surface area contributed by atoms with Gasteiger partial charge in [0.05, 0.1) is 6.61 Å². The molecule has 9 heteroatoms. The van der Waals surface area contributed by atoms with Gasteiger partial charge in [-0.1, -0.05) is 37.3 Å². The molecule has 0 aliphatic heterocycles. The monoisotopic (exact) mass is 482 g/mol. The number of ether oxygens (including phenoxy) is 4. The molecule has 0 spiro atoms. The van der Waals surface area contributed by atoms with E-state index in [-0.39, 0.29) is 25.0 Å². The summed E-state index contributed by atoms with van der Waals surface area (Å²) in [5, 5.41) is 14.2. The Hall–Kier alpha value is -2.20. The maximum atomic E-state index is 11.9. The van der Waals surface area contributed by atoms with Crippen molar-refractivity contribution in [3.05, 3.63) is 35.9 Å². The Morgan fingerprint density at radius 2 is 1.53 bits per heavy atom. The molecule has 0 fully saturated rings. The van der Waals surface area contributed by atoms with E-state index in [0.29, 0.717) is 72.0 Å². The standard InChI is InChI=1S/C25H42N2O7/c1-22(20-33-18-8-17-32-16-7-15-31-14-6-13-28)19-27-24(29)11-5-12-26-25(30)34-21-23-9-3-2-4-10-23/h2-4,9-10,22,28H,5-8,11-21H2,1H3,(H,26,30)(H,27,29). The predicted molar refractivity (Wildman–Crippen MR) is 129 cm³/mol. The summed E-state index contributed by atoms with van der Waals surface area (Å²) in [5.74, 6) is 0.173. The molecule has 0 aliphatic carbocycles. The zero-order chi connectivity index (χ0) is 24.7. The molecule has 0 aromatic heterocycles. The van der Waals surface area contributed by atoms with Gasteiger partial charge in [-0.25, -0.2) is 4.79 Å². The molecule has 0 radical (unpaired) electrons. The second-order valence-electron chi connectivity index (χ2n) is 8.09. The maximum absolute atomic E-state index is 11.9. The number of amides is 2. The number of benzene rings is 1. The van der Waals surface area contributed by atoms with Crippen molar-refractivity contribution >= 4 is 12.0 Å². The molecular weight excluding hydrogens is 440 g/mol. The van der Waals surface area contributed by atoms with Crippen LogP contribution in [0.15, 0.2) is 30.3 Å². The van der Waals surface area contributed by atoms with E-state index in [1.54, 1.807) is 0 Å². The fourth-order valence-electron chi connectivity index (χ4n) is 2.83. The van der Waals surface area contributed by atoms with Crippen LogP contribution >= 0.6 is 0 Å². The highest BCUT2D eigenvalue weighted by Gasteiger charge is 2.07. The average Bonchev–Trinajstić information content (AvgIpc) is 2.85. The molecule has 0 bridgehead atoms. The lowest BCUT2D eigenvalue weighted by molar-refractivity contribution is -0.121. The van der Waals surface area contributed by atoms with Gasteiger partial charge < -0.3 is 34.7 Å². The van der Waals surface area contributed by atoms with Gasteiger partial charge in [0, 0.05) is 59.2 Å². The van der Waals surface area contributed by atoms with Gasteiger partial charge in [0.15, 0.2) is 0 Å². The Kier molecular flexibility index (Phi) is 18.7. The first-order chi connectivity index (χ1) is 16.6. The van der Waals surface area contributed by atoms with Crippen LogP contribution in [0, 0.1) is 5.92 Å². The largest absolute Gasteiger partial charge is 0.445 e. The molecular formula is C25H42N2O7. The van der Waals surface area contributed by atoms with Crippen molar-refractivity contribution in [2.75, 3.05) is 59.3 Å². The Balaban J connectivity index is 1.87. The average molecular weight is 483 g/mol. The van der Waals surface area contributed by atoms with Crippen LogP contribution in [-0.4, -0.2) is 76.4 Å². The summed E-state index contributed by atoms with van der Waals surface area (Å²) in [6, 6.07) is 9.47. The molecule has 0 saturated heterocycles. The highest BCUT2D eigenvalue weighted by atomic mass is 16.5. The normalized spacial score (nSPS) is 11.7. The smallest absolute Gasteiger partial charge is 0.407 e. The number of nitrogens with one attached hydrogen (secondary N) is 2. The van der Waals surface area contributed by atoms with Crippen molar-refractivity contribution in [2.45, 2.75) is 45.6 Å². The van der Waals surface area contributed by atoms with Crippen molar-refractivity contribution < 1.29 is 33.6 Å². The third-order valence-corrected chi connectivity index (χ3v) is 4.71. The highest BCUT2D eigenvalue weighted by Crippen LogP contribution is 2.01. The van der Waals surface area contributed by atoms with Gasteiger partial charge in [-0.05, 0) is 37.2 Å². The minimum Gasteiger partial charge on any atom is -0.445 e. The lowest BCUT2D eigenvalue weighted by atomic mass is 10.2. The zero-order valence-electron chi connectivity index (χ0n) is 20.5. The van der Waals surface area contributed by atoms with E-state index in [2.05, 4.69) is 10.6 Å². The van der Waals surface area contributed by atoms with Crippen molar-refractivity contribution in [2.24, 2.45) is 5.92 Å². The van der Waals surface area contributed by atoms with E-state index in [0.717, 1.165) is 18.4 Å². The van der Waals surface area contributed by atoms with Gasteiger partial charge in [0.2, 0.25) is 5.91 Å². The lowest BCUT2D eigenvalue weighted by Crippen LogP contribution is -2.31. The molecule has 1 unspecified atom stereocenters. The second kappa shape index (κ2) is 21.3. The van der Waals surface area contributed by atoms with Gasteiger partial charge in [-0.3, -0.25) is 4.79 Å². The van der Waals surface area contributed by atoms with Crippen LogP contribution in [0.5, 0.6) is 0 Å². The van der Waals surface area contributed by atoms with Gasteiger partial charge in [0.25, 0.3) is 0 Å². The minimum atomic E-state index is -0.483. The van der Waals surface area contributed by atoms with E-state index < -0.39 is 6.09 Å². The third-order valence-electron chi connectivity index (χ3n) is 4.71. The first-order valence-corrected chi connectivity index (χ1v) is 12.2. The molecule has 1 aromatic carbocycles. The van der Waals surface area contributed by atoms with Crippen LogP contribution in [0.25, 0.3) is 0 Å². The number of rotatable bonds is 21. The number of hydrogen-bond donors (Lipinski definition) is 3. The fourth-order valence-corrected chi connectivity index (χ4v) is 2.83. The molecule has 1 rings (SSSR count). The molecule has 3 N–H and O–H groups in total. The minimum absolute atomic E-state index is 0.0416. The first kappa shape index (κ1) is 29.8. The van der Waals surface area contributed by atoms with E-state index in [1.165, 1.54) is 0 Å². The molecule has 194 valence electrons. The number of alkyl carbamates (subject to hydrolysis) is 1. The Morgan fingerprint density at radius 3 is 2.21 bits per heavy atom. The molecule has 9 nitrogen and oxygen atoms in total. The zero-order valence-corrected chi connectivity index (χ0v) is 20.5. The fraction of sp³-hybridized carbons (Fsp3) is 0.680. The van der Waals surface area contributed by atoms with Gasteiger partial charge >= 0.3 is 6.09 Å². The maximum Gasteiger partial charge on any atom is 0.407 e. The summed E-state index contributed by atoms with van der Waals surface area (Å²) in [5.41, 5.74) is 0.927. The van der Waals surface area contributed by atoms with Crippen LogP contribution in [0.4, 0.5) is 4.79 Å². The summed E-state index contributed by atoms with van der Waals surface area (Å²) < 4.78 is 21.6. The Bertz CT molecular complexity index is 631. The van der Waals surface area contributed by atoms with Gasteiger partial charge in [0.1, 0.15) is 6.61 Å². The van der Waals surface area contributed by atoms with Crippen LogP contribution in [-0.2, 0) is 30.3 Å². The van der Waals surface area contributed by atoms with E-state index in [1.807, 2.05) is 37.3 Å². The topological polar surface area (TPSA) is 115 Å². The summed E-state index contributed by atoms with van der Waals surface area (Å²) in [7, 11) is 0. The molecule has 2 amide bonds. The number of hydrogen-bond acceptors (Lipinski definition) is 7. The Labute approximate surface area is 203 Å². The number of aliphatic hydroxyl groups excluding tert-OH is 1. The van der Waals surface area contributed by atoms with E-state index >= 15 is 0 Å². The molecule has 0 heterocycles. The quantitative estimate of drug-likeness (QED) is 0.231. The van der Waals surface area contributed by atoms with Gasteiger partial charge in [-0.2, -0.15) is 0 Å². The molecule has 34 heavy (non-hydrogen) atoms. The summed E-state index contributed by atoms with van der Waals surface area (Å²) in [4.78, 5) is 23.6. The third kappa shape index (κ3) is 18.3. The number of aliphatic hydroxyl groups is 1. The summed E-state index contributed by atoms with van der Waals surface area (Å²) in [6.45, 7) is 7.10. The van der Waals surface area contributed by atoms with Gasteiger partial charge in [-0.15, -0.1) is 0 Å². The highest BCUT2D eigenvalue weighted by molar-refractivity contribution is 5.75. The number of carbonyl (C=O) groups is 2. The second-order valence-corrected chi connectivity index (χ2v) is 8.09. The molecule has 1 aromatic rings. The van der Waals surface area contributed by atoms with E-state index in [4.69, 9.17) is 24.1 Å². The molecule has 1 atom stereocenters. The number of carbonyl (C=O) groups excluding carboxylic acids is 2. The summed E-state index contributed by atoms with van der Waals surface area (Å²) >= 11 is 0. The van der Waals surface area contributed by atoms with E-state index in [9.17, 15) is 9.59 Å². The van der Waals surface area contributed by atoms with Crippen molar-refractivity contribution in [1.29, 1.82) is 0 Å². The molecule has 0 saturated carbocycles.